The predicted octanol–water partition coefficient (Wildman–Crippen LogP) is 2.61. The fourth-order valence-corrected chi connectivity index (χ4v) is 2.24. The van der Waals surface area contributed by atoms with Crippen LogP contribution in [-0.4, -0.2) is 11.7 Å². The van der Waals surface area contributed by atoms with Gasteiger partial charge in [0.1, 0.15) is 23.6 Å². The summed E-state index contributed by atoms with van der Waals surface area (Å²) in [6, 6.07) is 6.24. The molecule has 0 aromatic heterocycles. The highest BCUT2D eigenvalue weighted by Gasteiger charge is 2.56. The third-order valence-electron chi connectivity index (χ3n) is 3.09. The zero-order chi connectivity index (χ0) is 9.92. The van der Waals surface area contributed by atoms with Crippen LogP contribution in [0.15, 0.2) is 18.2 Å². The molecule has 0 radical (unpaired) electrons. The quantitative estimate of drug-likeness (QED) is 0.586. The first-order valence-electron chi connectivity index (χ1n) is 5.03. The van der Waals surface area contributed by atoms with Gasteiger partial charge in [0.15, 0.2) is 0 Å². The van der Waals surface area contributed by atoms with Crippen molar-refractivity contribution in [1.82, 2.24) is 0 Å². The SMILES string of the molecule is Cc1cccc2c1OC(C)(C)[C@@H]1O[C@H]21. The molecule has 1 aromatic carbocycles. The molecule has 1 fully saturated rings. The van der Waals surface area contributed by atoms with Crippen LogP contribution in [0.1, 0.15) is 31.1 Å². The fraction of sp³-hybridized carbons (Fsp3) is 0.500. The fourth-order valence-electron chi connectivity index (χ4n) is 2.24. The Kier molecular flexibility index (Phi) is 1.37. The lowest BCUT2D eigenvalue weighted by Gasteiger charge is -2.30. The van der Waals surface area contributed by atoms with Gasteiger partial charge in [0.25, 0.3) is 0 Å². The highest BCUT2D eigenvalue weighted by atomic mass is 16.6. The molecule has 0 N–H and O–H groups in total. The van der Waals surface area contributed by atoms with E-state index in [1.54, 1.807) is 0 Å². The van der Waals surface area contributed by atoms with Gasteiger partial charge in [0, 0.05) is 5.56 Å². The number of hydrogen-bond acceptors (Lipinski definition) is 2. The van der Waals surface area contributed by atoms with Crippen molar-refractivity contribution in [2.75, 3.05) is 0 Å². The van der Waals surface area contributed by atoms with E-state index in [-0.39, 0.29) is 17.8 Å². The van der Waals surface area contributed by atoms with Gasteiger partial charge in [0.05, 0.1) is 0 Å². The van der Waals surface area contributed by atoms with Crippen molar-refractivity contribution in [3.63, 3.8) is 0 Å². The summed E-state index contributed by atoms with van der Waals surface area (Å²) in [7, 11) is 0. The van der Waals surface area contributed by atoms with E-state index < -0.39 is 0 Å². The van der Waals surface area contributed by atoms with E-state index in [0.717, 1.165) is 5.75 Å². The monoisotopic (exact) mass is 190 g/mol. The van der Waals surface area contributed by atoms with Crippen LogP contribution in [-0.2, 0) is 4.74 Å². The minimum absolute atomic E-state index is 0.177. The Morgan fingerprint density at radius 1 is 1.29 bits per heavy atom. The number of hydrogen-bond donors (Lipinski definition) is 0. The summed E-state index contributed by atoms with van der Waals surface area (Å²) in [6.45, 7) is 6.26. The zero-order valence-corrected chi connectivity index (χ0v) is 8.70. The van der Waals surface area contributed by atoms with Gasteiger partial charge in [-0.1, -0.05) is 18.2 Å². The minimum Gasteiger partial charge on any atom is -0.484 e. The van der Waals surface area contributed by atoms with E-state index in [0.29, 0.717) is 0 Å². The molecule has 2 heterocycles. The van der Waals surface area contributed by atoms with Crippen LogP contribution in [0.3, 0.4) is 0 Å². The molecule has 74 valence electrons. The average molecular weight is 190 g/mol. The lowest BCUT2D eigenvalue weighted by atomic mass is 9.93. The molecule has 0 bridgehead atoms. The Hall–Kier alpha value is -1.02. The van der Waals surface area contributed by atoms with Crippen LogP contribution in [0, 0.1) is 6.92 Å². The van der Waals surface area contributed by atoms with Gasteiger partial charge < -0.3 is 9.47 Å². The number of rotatable bonds is 0. The molecule has 0 amide bonds. The Morgan fingerprint density at radius 2 is 2.07 bits per heavy atom. The van der Waals surface area contributed by atoms with Crippen LogP contribution in [0.25, 0.3) is 0 Å². The molecule has 1 saturated heterocycles. The summed E-state index contributed by atoms with van der Waals surface area (Å²) < 4.78 is 11.6. The molecule has 2 aliphatic heterocycles. The van der Waals surface area contributed by atoms with Crippen molar-refractivity contribution >= 4 is 0 Å². The number of aryl methyl sites for hydroxylation is 1. The van der Waals surface area contributed by atoms with E-state index >= 15 is 0 Å². The van der Waals surface area contributed by atoms with Gasteiger partial charge in [-0.25, -0.2) is 0 Å². The zero-order valence-electron chi connectivity index (χ0n) is 8.70. The molecule has 2 aliphatic rings. The molecule has 2 heteroatoms. The van der Waals surface area contributed by atoms with Crippen molar-refractivity contribution < 1.29 is 9.47 Å². The maximum atomic E-state index is 5.98. The summed E-state index contributed by atoms with van der Waals surface area (Å²) >= 11 is 0. The number of benzene rings is 1. The topological polar surface area (TPSA) is 21.8 Å². The van der Waals surface area contributed by atoms with Crippen molar-refractivity contribution in [1.29, 1.82) is 0 Å². The maximum absolute atomic E-state index is 5.98. The molecule has 14 heavy (non-hydrogen) atoms. The average Bonchev–Trinajstić information content (AvgIpc) is 2.87. The first-order valence-corrected chi connectivity index (χ1v) is 5.03. The molecule has 0 unspecified atom stereocenters. The van der Waals surface area contributed by atoms with E-state index in [1.165, 1.54) is 11.1 Å². The summed E-state index contributed by atoms with van der Waals surface area (Å²) in [5.41, 5.74) is 2.24. The summed E-state index contributed by atoms with van der Waals surface area (Å²) in [5, 5.41) is 0. The Balaban J connectivity index is 2.15. The number of fused-ring (bicyclic) bond motifs is 3. The van der Waals surface area contributed by atoms with Crippen molar-refractivity contribution in [3.8, 4) is 5.75 Å². The van der Waals surface area contributed by atoms with E-state index in [9.17, 15) is 0 Å². The Labute approximate surface area is 83.8 Å². The summed E-state index contributed by atoms with van der Waals surface area (Å²) in [4.78, 5) is 0. The van der Waals surface area contributed by atoms with E-state index in [2.05, 4.69) is 39.0 Å². The number of para-hydroxylation sites is 1. The van der Waals surface area contributed by atoms with Crippen LogP contribution < -0.4 is 4.74 Å². The molecule has 2 atom stereocenters. The van der Waals surface area contributed by atoms with Crippen LogP contribution in [0.4, 0.5) is 0 Å². The normalized spacial score (nSPS) is 31.4. The molecule has 1 aromatic rings. The van der Waals surface area contributed by atoms with Gasteiger partial charge in [-0.05, 0) is 26.3 Å². The van der Waals surface area contributed by atoms with Gasteiger partial charge in [-0.15, -0.1) is 0 Å². The molecule has 2 nitrogen and oxygen atoms in total. The van der Waals surface area contributed by atoms with Gasteiger partial charge in [0.2, 0.25) is 0 Å². The Bertz CT molecular complexity index is 395. The van der Waals surface area contributed by atoms with E-state index in [1.807, 2.05) is 0 Å². The number of epoxide rings is 1. The summed E-state index contributed by atoms with van der Waals surface area (Å²) in [6.07, 6.45) is 0.519. The van der Waals surface area contributed by atoms with Crippen molar-refractivity contribution in [2.45, 2.75) is 38.6 Å². The van der Waals surface area contributed by atoms with Crippen LogP contribution >= 0.6 is 0 Å². The Morgan fingerprint density at radius 3 is 2.86 bits per heavy atom. The lowest BCUT2D eigenvalue weighted by Crippen LogP contribution is -2.38. The van der Waals surface area contributed by atoms with Crippen LogP contribution in [0.2, 0.25) is 0 Å². The van der Waals surface area contributed by atoms with Gasteiger partial charge in [-0.2, -0.15) is 0 Å². The smallest absolute Gasteiger partial charge is 0.132 e. The highest BCUT2D eigenvalue weighted by Crippen LogP contribution is 2.54. The van der Waals surface area contributed by atoms with Crippen molar-refractivity contribution in [3.05, 3.63) is 29.3 Å². The predicted molar refractivity (Wildman–Crippen MR) is 53.5 cm³/mol. The molecule has 0 saturated carbocycles. The third-order valence-corrected chi connectivity index (χ3v) is 3.09. The first kappa shape index (κ1) is 8.30. The standard InChI is InChI=1S/C12H14O2/c1-7-5-4-6-8-9(7)14-12(2,3)11-10(8)13-11/h4-6,10-11H,1-3H3/t10-,11-/m1/s1. The third kappa shape index (κ3) is 0.947. The van der Waals surface area contributed by atoms with Crippen molar-refractivity contribution in [2.24, 2.45) is 0 Å². The first-order chi connectivity index (χ1) is 6.59. The second-order valence-corrected chi connectivity index (χ2v) is 4.68. The van der Waals surface area contributed by atoms with E-state index in [4.69, 9.17) is 9.47 Å². The second-order valence-electron chi connectivity index (χ2n) is 4.68. The largest absolute Gasteiger partial charge is 0.484 e. The molecule has 0 spiro atoms. The highest BCUT2D eigenvalue weighted by molar-refractivity contribution is 5.47. The van der Waals surface area contributed by atoms with Gasteiger partial charge >= 0.3 is 0 Å². The molecule has 3 rings (SSSR count). The van der Waals surface area contributed by atoms with Gasteiger partial charge in [-0.3, -0.25) is 0 Å². The van der Waals surface area contributed by atoms with Crippen LogP contribution in [0.5, 0.6) is 5.75 Å². The summed E-state index contributed by atoms with van der Waals surface area (Å²) in [5.74, 6) is 1.02. The maximum Gasteiger partial charge on any atom is 0.132 e. The number of ether oxygens (including phenoxy) is 2. The molecular weight excluding hydrogens is 176 g/mol. The molecular formula is C12H14O2. The molecule has 0 aliphatic carbocycles. The minimum atomic E-state index is -0.177. The second kappa shape index (κ2) is 2.31. The lowest BCUT2D eigenvalue weighted by molar-refractivity contribution is 0.0717.